The number of benzene rings is 2. The summed E-state index contributed by atoms with van der Waals surface area (Å²) in [6.07, 6.45) is -0.160. The minimum atomic E-state index is -0.915. The molecular weight excluding hydrogens is 349 g/mol. The number of hydrogen-bond donors (Lipinski definition) is 2. The molecule has 1 heterocycles. The van der Waals surface area contributed by atoms with Crippen LogP contribution in [0.3, 0.4) is 0 Å². The van der Waals surface area contributed by atoms with E-state index in [0.29, 0.717) is 12.2 Å². The molecule has 0 unspecified atom stereocenters. The fourth-order valence-electron chi connectivity index (χ4n) is 2.94. The summed E-state index contributed by atoms with van der Waals surface area (Å²) < 4.78 is 13.1. The maximum Gasteiger partial charge on any atom is 0.254 e. The molecule has 140 valence electrons. The molecule has 1 aliphatic heterocycles. The van der Waals surface area contributed by atoms with Crippen LogP contribution >= 0.6 is 0 Å². The lowest BCUT2D eigenvalue weighted by molar-refractivity contribution is -0.131. The number of carbonyl (C=O) groups is 3. The minimum absolute atomic E-state index is 0.160. The molecule has 1 atom stereocenters. The van der Waals surface area contributed by atoms with Crippen LogP contribution in [0.5, 0.6) is 0 Å². The van der Waals surface area contributed by atoms with Crippen LogP contribution in [0.4, 0.5) is 10.1 Å². The van der Waals surface area contributed by atoms with Crippen molar-refractivity contribution in [3.63, 3.8) is 0 Å². The zero-order valence-electron chi connectivity index (χ0n) is 14.9. The Morgan fingerprint density at radius 2 is 1.81 bits per heavy atom. The van der Waals surface area contributed by atoms with Crippen molar-refractivity contribution in [2.45, 2.75) is 19.4 Å². The molecule has 2 aromatic carbocycles. The molecule has 3 amide bonds. The van der Waals surface area contributed by atoms with Gasteiger partial charge in [-0.15, -0.1) is 0 Å². The Morgan fingerprint density at radius 3 is 2.48 bits per heavy atom. The Morgan fingerprint density at radius 1 is 1.15 bits per heavy atom. The molecule has 0 bridgehead atoms. The number of piperazine rings is 1. The lowest BCUT2D eigenvalue weighted by atomic mass is 10.1. The number of hydrogen-bond acceptors (Lipinski definition) is 3. The van der Waals surface area contributed by atoms with Gasteiger partial charge >= 0.3 is 0 Å². The van der Waals surface area contributed by atoms with Gasteiger partial charge in [0.15, 0.2) is 0 Å². The summed E-state index contributed by atoms with van der Waals surface area (Å²) in [5.74, 6) is -1.59. The highest BCUT2D eigenvalue weighted by molar-refractivity contribution is 6.01. The lowest BCUT2D eigenvalue weighted by Gasteiger charge is -2.34. The van der Waals surface area contributed by atoms with Crippen molar-refractivity contribution in [1.82, 2.24) is 10.2 Å². The van der Waals surface area contributed by atoms with Crippen LogP contribution in [0.1, 0.15) is 22.3 Å². The van der Waals surface area contributed by atoms with Gasteiger partial charge in [-0.1, -0.05) is 17.7 Å². The highest BCUT2D eigenvalue weighted by Crippen LogP contribution is 2.16. The minimum Gasteiger partial charge on any atom is -0.353 e. The van der Waals surface area contributed by atoms with E-state index in [1.54, 1.807) is 12.1 Å². The van der Waals surface area contributed by atoms with Crippen molar-refractivity contribution < 1.29 is 18.8 Å². The van der Waals surface area contributed by atoms with Crippen molar-refractivity contribution >= 4 is 23.4 Å². The van der Waals surface area contributed by atoms with Crippen LogP contribution in [0.25, 0.3) is 0 Å². The second-order valence-corrected chi connectivity index (χ2v) is 6.43. The molecule has 2 N–H and O–H groups in total. The number of anilines is 1. The first-order valence-corrected chi connectivity index (χ1v) is 8.65. The van der Waals surface area contributed by atoms with E-state index in [4.69, 9.17) is 0 Å². The third kappa shape index (κ3) is 4.49. The molecule has 6 nitrogen and oxygen atoms in total. The zero-order valence-corrected chi connectivity index (χ0v) is 14.9. The van der Waals surface area contributed by atoms with E-state index < -0.39 is 17.8 Å². The number of carbonyl (C=O) groups excluding carboxylic acids is 3. The average Bonchev–Trinajstić information content (AvgIpc) is 2.65. The topological polar surface area (TPSA) is 78.5 Å². The van der Waals surface area contributed by atoms with Crippen LogP contribution in [0, 0.1) is 12.7 Å². The molecule has 2 aromatic rings. The number of rotatable bonds is 4. The first-order valence-electron chi connectivity index (χ1n) is 8.65. The largest absolute Gasteiger partial charge is 0.353 e. The number of halogens is 1. The molecule has 1 aliphatic rings. The first-order chi connectivity index (χ1) is 12.9. The van der Waals surface area contributed by atoms with Gasteiger partial charge in [-0.05, 0) is 43.3 Å². The van der Waals surface area contributed by atoms with Crippen LogP contribution in [0.15, 0.2) is 48.5 Å². The van der Waals surface area contributed by atoms with Gasteiger partial charge in [0.1, 0.15) is 11.9 Å². The molecule has 0 saturated carbocycles. The van der Waals surface area contributed by atoms with Crippen LogP contribution in [-0.4, -0.2) is 41.8 Å². The molecule has 1 fully saturated rings. The number of nitrogens with one attached hydrogen (secondary N) is 2. The Kier molecular flexibility index (Phi) is 5.49. The number of amides is 3. The normalized spacial score (nSPS) is 16.6. The van der Waals surface area contributed by atoms with Crippen LogP contribution in [-0.2, 0) is 9.59 Å². The Bertz CT molecular complexity index is 850. The maximum atomic E-state index is 13.1. The van der Waals surface area contributed by atoms with Crippen molar-refractivity contribution in [2.24, 2.45) is 0 Å². The maximum absolute atomic E-state index is 13.1. The summed E-state index contributed by atoms with van der Waals surface area (Å²) in [6, 6.07) is 11.5. The van der Waals surface area contributed by atoms with E-state index in [9.17, 15) is 18.8 Å². The molecule has 0 spiro atoms. The summed E-state index contributed by atoms with van der Waals surface area (Å²) in [7, 11) is 0. The fraction of sp³-hybridized carbons (Fsp3) is 0.250. The molecule has 7 heteroatoms. The SMILES string of the molecule is Cc1ccc(NC(=O)C[C@@H]2C(=O)NCCN2C(=O)c2ccc(F)cc2)cc1. The second-order valence-electron chi connectivity index (χ2n) is 6.43. The summed E-state index contributed by atoms with van der Waals surface area (Å²) in [5, 5.41) is 5.42. The highest BCUT2D eigenvalue weighted by Gasteiger charge is 2.35. The van der Waals surface area contributed by atoms with Gasteiger partial charge in [0.25, 0.3) is 5.91 Å². The van der Waals surface area contributed by atoms with E-state index in [1.807, 2.05) is 19.1 Å². The molecule has 1 saturated heterocycles. The number of aryl methyl sites for hydroxylation is 1. The third-order valence-corrected chi connectivity index (χ3v) is 4.40. The Balaban J connectivity index is 1.72. The van der Waals surface area contributed by atoms with Gasteiger partial charge in [-0.25, -0.2) is 4.39 Å². The van der Waals surface area contributed by atoms with Gasteiger partial charge < -0.3 is 15.5 Å². The molecule has 0 aromatic heterocycles. The fourth-order valence-corrected chi connectivity index (χ4v) is 2.94. The highest BCUT2D eigenvalue weighted by atomic mass is 19.1. The van der Waals surface area contributed by atoms with Crippen molar-refractivity contribution in [3.8, 4) is 0 Å². The van der Waals surface area contributed by atoms with Gasteiger partial charge in [0.05, 0.1) is 6.42 Å². The average molecular weight is 369 g/mol. The Labute approximate surface area is 156 Å². The summed E-state index contributed by atoms with van der Waals surface area (Å²) in [4.78, 5) is 38.8. The van der Waals surface area contributed by atoms with Gasteiger partial charge in [0, 0.05) is 24.3 Å². The van der Waals surface area contributed by atoms with Crippen LogP contribution in [0.2, 0.25) is 0 Å². The second kappa shape index (κ2) is 7.99. The summed E-state index contributed by atoms with van der Waals surface area (Å²) in [6.45, 7) is 2.53. The standard InChI is InChI=1S/C20H20FN3O3/c1-13-2-8-16(9-3-13)23-18(25)12-17-19(26)22-10-11-24(17)20(27)14-4-6-15(21)7-5-14/h2-9,17H,10-12H2,1H3,(H,22,26)(H,23,25)/t17-/m1/s1. The summed E-state index contributed by atoms with van der Waals surface area (Å²) in [5.41, 5.74) is 1.96. The zero-order chi connectivity index (χ0) is 19.4. The van der Waals surface area contributed by atoms with Crippen molar-refractivity contribution in [3.05, 3.63) is 65.5 Å². The predicted octanol–water partition coefficient (Wildman–Crippen LogP) is 2.10. The monoisotopic (exact) mass is 369 g/mol. The van der Waals surface area contributed by atoms with Crippen molar-refractivity contribution in [2.75, 3.05) is 18.4 Å². The van der Waals surface area contributed by atoms with E-state index in [2.05, 4.69) is 10.6 Å². The molecular formula is C20H20FN3O3. The van der Waals surface area contributed by atoms with Crippen molar-refractivity contribution in [1.29, 1.82) is 0 Å². The third-order valence-electron chi connectivity index (χ3n) is 4.40. The summed E-state index contributed by atoms with van der Waals surface area (Å²) >= 11 is 0. The van der Waals surface area contributed by atoms with E-state index in [1.165, 1.54) is 29.2 Å². The predicted molar refractivity (Wildman–Crippen MR) is 98.7 cm³/mol. The molecule has 3 rings (SSSR count). The van der Waals surface area contributed by atoms with E-state index >= 15 is 0 Å². The van der Waals surface area contributed by atoms with E-state index in [0.717, 1.165) is 5.56 Å². The van der Waals surface area contributed by atoms with Gasteiger partial charge in [0.2, 0.25) is 11.8 Å². The molecule has 0 aliphatic carbocycles. The van der Waals surface area contributed by atoms with Gasteiger partial charge in [-0.3, -0.25) is 14.4 Å². The van der Waals surface area contributed by atoms with Gasteiger partial charge in [-0.2, -0.15) is 0 Å². The first kappa shape index (κ1) is 18.6. The van der Waals surface area contributed by atoms with E-state index in [-0.39, 0.29) is 30.3 Å². The molecule has 27 heavy (non-hydrogen) atoms. The van der Waals surface area contributed by atoms with Crippen LogP contribution < -0.4 is 10.6 Å². The quantitative estimate of drug-likeness (QED) is 0.866. The lowest BCUT2D eigenvalue weighted by Crippen LogP contribution is -2.58. The molecule has 0 radical (unpaired) electrons. The smallest absolute Gasteiger partial charge is 0.254 e. The number of nitrogens with zero attached hydrogens (tertiary/aromatic N) is 1. The Hall–Kier alpha value is -3.22.